The molecule has 1 N–H and O–H groups in total. The number of nitrogens with one attached hydrogen (secondary N) is 1. The molecule has 0 fully saturated rings. The number of amides is 1. The number of benzene rings is 3. The molecule has 32 heavy (non-hydrogen) atoms. The van der Waals surface area contributed by atoms with E-state index in [4.69, 9.17) is 14.2 Å². The van der Waals surface area contributed by atoms with Gasteiger partial charge in [0, 0.05) is 23.8 Å². The molecule has 0 heterocycles. The molecule has 1 amide bonds. The highest BCUT2D eigenvalue weighted by atomic mass is 16.5. The van der Waals surface area contributed by atoms with Crippen molar-refractivity contribution in [3.05, 3.63) is 82.9 Å². The van der Waals surface area contributed by atoms with Crippen LogP contribution >= 0.6 is 0 Å². The second-order valence-electron chi connectivity index (χ2n) is 7.58. The van der Waals surface area contributed by atoms with Crippen LogP contribution in [0.2, 0.25) is 0 Å². The van der Waals surface area contributed by atoms with Crippen molar-refractivity contribution in [3.63, 3.8) is 0 Å². The second kappa shape index (κ2) is 9.24. The lowest BCUT2D eigenvalue weighted by Crippen LogP contribution is -2.26. The van der Waals surface area contributed by atoms with Gasteiger partial charge in [0.15, 0.2) is 17.3 Å². The monoisotopic (exact) mass is 431 g/mol. The molecule has 1 unspecified atom stereocenters. The zero-order valence-corrected chi connectivity index (χ0v) is 18.3. The molecule has 1 aliphatic rings. The Morgan fingerprint density at radius 1 is 0.875 bits per heavy atom. The van der Waals surface area contributed by atoms with Gasteiger partial charge in [0.05, 0.1) is 19.8 Å². The Kier molecular flexibility index (Phi) is 6.23. The van der Waals surface area contributed by atoms with Crippen molar-refractivity contribution in [1.29, 1.82) is 0 Å². The highest BCUT2D eigenvalue weighted by Crippen LogP contribution is 2.37. The second-order valence-corrected chi connectivity index (χ2v) is 7.58. The molecule has 0 saturated carbocycles. The number of carbonyl (C=O) groups excluding carboxylic acids is 2. The van der Waals surface area contributed by atoms with E-state index in [1.54, 1.807) is 26.4 Å². The molecule has 3 aromatic rings. The predicted octanol–water partition coefficient (Wildman–Crippen LogP) is 4.42. The van der Waals surface area contributed by atoms with Gasteiger partial charge in [0.25, 0.3) is 5.91 Å². The van der Waals surface area contributed by atoms with Crippen molar-refractivity contribution in [1.82, 2.24) is 5.32 Å². The standard InChI is InChI=1S/C26H25NO5/c1-16(17-9-11-23(24(15-17)31-3)32-13-12-30-2)27-26(29)18-8-10-20-19-6-4-5-7-21(19)25(28)22(20)14-18/h4-11,14-16H,12-13H2,1-3H3,(H,27,29). The SMILES string of the molecule is COCCOc1ccc(C(C)NC(=O)c2ccc3c(c2)C(=O)c2ccccc2-3)cc1OC. The molecule has 6 heteroatoms. The first-order chi connectivity index (χ1) is 15.5. The lowest BCUT2D eigenvalue weighted by Gasteiger charge is -2.17. The van der Waals surface area contributed by atoms with Gasteiger partial charge in [-0.15, -0.1) is 0 Å². The van der Waals surface area contributed by atoms with Crippen molar-refractivity contribution >= 4 is 11.7 Å². The van der Waals surface area contributed by atoms with Gasteiger partial charge in [-0.25, -0.2) is 0 Å². The van der Waals surface area contributed by atoms with E-state index >= 15 is 0 Å². The molecule has 0 aromatic heterocycles. The number of fused-ring (bicyclic) bond motifs is 3. The summed E-state index contributed by atoms with van der Waals surface area (Å²) < 4.78 is 16.1. The maximum atomic E-state index is 12.9. The first-order valence-electron chi connectivity index (χ1n) is 10.4. The first-order valence-corrected chi connectivity index (χ1v) is 10.4. The summed E-state index contributed by atoms with van der Waals surface area (Å²) in [7, 11) is 3.19. The third kappa shape index (κ3) is 4.09. The van der Waals surface area contributed by atoms with Crippen LogP contribution < -0.4 is 14.8 Å². The maximum Gasteiger partial charge on any atom is 0.251 e. The van der Waals surface area contributed by atoms with Crippen LogP contribution in [0.1, 0.15) is 44.8 Å². The van der Waals surface area contributed by atoms with Crippen LogP contribution in [0.5, 0.6) is 11.5 Å². The Balaban J connectivity index is 1.49. The molecule has 4 rings (SSSR count). The summed E-state index contributed by atoms with van der Waals surface area (Å²) in [4.78, 5) is 25.6. The van der Waals surface area contributed by atoms with E-state index in [0.29, 0.717) is 41.4 Å². The summed E-state index contributed by atoms with van der Waals surface area (Å²) in [5, 5.41) is 3.00. The maximum absolute atomic E-state index is 12.9. The summed E-state index contributed by atoms with van der Waals surface area (Å²) in [6.07, 6.45) is 0. The van der Waals surface area contributed by atoms with Crippen molar-refractivity contribution in [2.45, 2.75) is 13.0 Å². The zero-order valence-electron chi connectivity index (χ0n) is 18.3. The largest absolute Gasteiger partial charge is 0.493 e. The minimum absolute atomic E-state index is 0.0490. The molecular formula is C26H25NO5. The van der Waals surface area contributed by atoms with E-state index in [1.165, 1.54) is 0 Å². The molecule has 3 aromatic carbocycles. The van der Waals surface area contributed by atoms with E-state index in [2.05, 4.69) is 5.32 Å². The number of hydrogen-bond acceptors (Lipinski definition) is 5. The van der Waals surface area contributed by atoms with Gasteiger partial charge in [0.1, 0.15) is 6.61 Å². The molecule has 0 radical (unpaired) electrons. The Morgan fingerprint density at radius 2 is 1.62 bits per heavy atom. The highest BCUT2D eigenvalue weighted by molar-refractivity contribution is 6.22. The van der Waals surface area contributed by atoms with Gasteiger partial charge in [-0.3, -0.25) is 9.59 Å². The normalized spacial score (nSPS) is 12.7. The fourth-order valence-corrected chi connectivity index (χ4v) is 3.84. The quantitative estimate of drug-likeness (QED) is 0.418. The molecule has 164 valence electrons. The molecule has 0 saturated heterocycles. The predicted molar refractivity (Wildman–Crippen MR) is 122 cm³/mol. The Labute approximate surface area is 187 Å². The van der Waals surface area contributed by atoms with Crippen LogP contribution in [0, 0.1) is 0 Å². The number of ether oxygens (including phenoxy) is 3. The van der Waals surface area contributed by atoms with E-state index in [0.717, 1.165) is 16.7 Å². The molecule has 1 aliphatic carbocycles. The number of rotatable bonds is 8. The molecule has 6 nitrogen and oxygen atoms in total. The van der Waals surface area contributed by atoms with E-state index < -0.39 is 0 Å². The fraction of sp³-hybridized carbons (Fsp3) is 0.231. The molecule has 1 atom stereocenters. The van der Waals surface area contributed by atoms with Crippen LogP contribution in [0.3, 0.4) is 0 Å². The van der Waals surface area contributed by atoms with Crippen LogP contribution in [0.4, 0.5) is 0 Å². The number of carbonyl (C=O) groups is 2. The summed E-state index contributed by atoms with van der Waals surface area (Å²) in [5.74, 6) is 0.902. The van der Waals surface area contributed by atoms with Crippen molar-refractivity contribution in [2.75, 3.05) is 27.4 Å². The highest BCUT2D eigenvalue weighted by Gasteiger charge is 2.27. The van der Waals surface area contributed by atoms with Gasteiger partial charge in [-0.1, -0.05) is 36.4 Å². The fourth-order valence-electron chi connectivity index (χ4n) is 3.84. The summed E-state index contributed by atoms with van der Waals surface area (Å²) in [6, 6.07) is 18.0. The zero-order chi connectivity index (χ0) is 22.7. The van der Waals surface area contributed by atoms with Gasteiger partial charge in [0.2, 0.25) is 0 Å². The lowest BCUT2D eigenvalue weighted by molar-refractivity contribution is 0.0939. The van der Waals surface area contributed by atoms with Gasteiger partial charge < -0.3 is 19.5 Å². The van der Waals surface area contributed by atoms with Crippen LogP contribution in [0.15, 0.2) is 60.7 Å². The average molecular weight is 431 g/mol. The Bertz CT molecular complexity index is 1170. The first kappa shape index (κ1) is 21.6. The third-order valence-electron chi connectivity index (χ3n) is 5.57. The third-order valence-corrected chi connectivity index (χ3v) is 5.57. The van der Waals surface area contributed by atoms with Crippen molar-refractivity contribution in [2.24, 2.45) is 0 Å². The van der Waals surface area contributed by atoms with Gasteiger partial charge in [-0.2, -0.15) is 0 Å². The Morgan fingerprint density at radius 3 is 2.38 bits per heavy atom. The molecule has 0 bridgehead atoms. The van der Waals surface area contributed by atoms with Crippen LogP contribution in [-0.2, 0) is 4.74 Å². The minimum Gasteiger partial charge on any atom is -0.493 e. The lowest BCUT2D eigenvalue weighted by atomic mass is 10.0. The van der Waals surface area contributed by atoms with Crippen LogP contribution in [0.25, 0.3) is 11.1 Å². The molecule has 0 aliphatic heterocycles. The molecule has 0 spiro atoms. The van der Waals surface area contributed by atoms with E-state index in [1.807, 2.05) is 55.5 Å². The average Bonchev–Trinajstić information content (AvgIpc) is 3.11. The van der Waals surface area contributed by atoms with E-state index in [9.17, 15) is 9.59 Å². The number of hydrogen-bond donors (Lipinski definition) is 1. The molecular weight excluding hydrogens is 406 g/mol. The van der Waals surface area contributed by atoms with Gasteiger partial charge >= 0.3 is 0 Å². The summed E-state index contributed by atoms with van der Waals surface area (Å²) in [6.45, 7) is 2.79. The minimum atomic E-state index is -0.273. The number of ketones is 1. The summed E-state index contributed by atoms with van der Waals surface area (Å²) >= 11 is 0. The van der Waals surface area contributed by atoms with E-state index in [-0.39, 0.29) is 17.7 Å². The van der Waals surface area contributed by atoms with Gasteiger partial charge in [-0.05, 0) is 47.9 Å². The number of methoxy groups -OCH3 is 2. The van der Waals surface area contributed by atoms with Crippen molar-refractivity contribution in [3.8, 4) is 22.6 Å². The summed E-state index contributed by atoms with van der Waals surface area (Å²) in [5.41, 5.74) is 4.33. The smallest absolute Gasteiger partial charge is 0.251 e. The Hall–Kier alpha value is -3.64. The van der Waals surface area contributed by atoms with Crippen molar-refractivity contribution < 1.29 is 23.8 Å². The van der Waals surface area contributed by atoms with Crippen LogP contribution in [-0.4, -0.2) is 39.1 Å². The topological polar surface area (TPSA) is 73.9 Å².